The van der Waals surface area contributed by atoms with Crippen molar-refractivity contribution in [3.05, 3.63) is 59.9 Å². The molecule has 2 aromatic rings. The van der Waals surface area contributed by atoms with Gasteiger partial charge in [-0.3, -0.25) is 4.79 Å². The largest absolute Gasteiger partial charge is 0.493 e. The molecule has 0 saturated heterocycles. The Hall–Kier alpha value is -2.82. The van der Waals surface area contributed by atoms with Crippen LogP contribution >= 0.6 is 0 Å². The highest BCUT2D eigenvalue weighted by atomic mass is 19.1. The molecule has 0 unspecified atom stereocenters. The highest BCUT2D eigenvalue weighted by molar-refractivity contribution is 6.01. The fourth-order valence-corrected chi connectivity index (χ4v) is 2.04. The van der Waals surface area contributed by atoms with Crippen LogP contribution in [0, 0.1) is 5.82 Å². The molecule has 1 N–H and O–H groups in total. The standard InChI is InChI=1S/C19H20FNO3/c1-3-11-24-17-9-7-14(12-18(17)23-2)8-10-19(22)21-16-6-4-5-15(20)13-16/h4-10,12-13H,3,11H2,1-2H3,(H,21,22). The number of amides is 1. The van der Waals surface area contributed by atoms with Crippen LogP contribution in [0.3, 0.4) is 0 Å². The van der Waals surface area contributed by atoms with Crippen LogP contribution in [-0.4, -0.2) is 19.6 Å². The normalized spacial score (nSPS) is 10.6. The van der Waals surface area contributed by atoms with Crippen LogP contribution in [0.15, 0.2) is 48.5 Å². The van der Waals surface area contributed by atoms with E-state index in [4.69, 9.17) is 9.47 Å². The topological polar surface area (TPSA) is 47.6 Å². The second kappa shape index (κ2) is 8.72. The van der Waals surface area contributed by atoms with E-state index in [-0.39, 0.29) is 5.91 Å². The first-order chi connectivity index (χ1) is 11.6. The van der Waals surface area contributed by atoms with Crippen molar-refractivity contribution in [3.63, 3.8) is 0 Å². The van der Waals surface area contributed by atoms with Crippen LogP contribution in [0.5, 0.6) is 11.5 Å². The third kappa shape index (κ3) is 5.12. The molecule has 0 aliphatic heterocycles. The first-order valence-corrected chi connectivity index (χ1v) is 7.68. The Bertz CT molecular complexity index is 728. The maximum Gasteiger partial charge on any atom is 0.248 e. The number of carbonyl (C=O) groups is 1. The summed E-state index contributed by atoms with van der Waals surface area (Å²) in [5.74, 6) is 0.534. The van der Waals surface area contributed by atoms with Crippen LogP contribution in [0.4, 0.5) is 10.1 Å². The van der Waals surface area contributed by atoms with Gasteiger partial charge in [0.25, 0.3) is 0 Å². The minimum absolute atomic E-state index is 0.342. The molecular formula is C19H20FNO3. The van der Waals surface area contributed by atoms with Crippen molar-refractivity contribution in [2.45, 2.75) is 13.3 Å². The van der Waals surface area contributed by atoms with E-state index in [1.165, 1.54) is 24.3 Å². The van der Waals surface area contributed by atoms with Crippen molar-refractivity contribution in [1.82, 2.24) is 0 Å². The maximum atomic E-state index is 13.1. The van der Waals surface area contributed by atoms with E-state index in [9.17, 15) is 9.18 Å². The average Bonchev–Trinajstić information content (AvgIpc) is 2.58. The molecule has 0 aromatic heterocycles. The van der Waals surface area contributed by atoms with Gasteiger partial charge >= 0.3 is 0 Å². The lowest BCUT2D eigenvalue weighted by Crippen LogP contribution is -2.07. The summed E-state index contributed by atoms with van der Waals surface area (Å²) in [6.07, 6.45) is 3.94. The Kier molecular flexibility index (Phi) is 6.37. The van der Waals surface area contributed by atoms with E-state index in [0.29, 0.717) is 23.8 Å². The fourth-order valence-electron chi connectivity index (χ4n) is 2.04. The molecule has 0 atom stereocenters. The van der Waals surface area contributed by atoms with Gasteiger partial charge in [-0.2, -0.15) is 0 Å². The number of carbonyl (C=O) groups excluding carboxylic acids is 1. The molecule has 5 heteroatoms. The molecule has 4 nitrogen and oxygen atoms in total. The molecule has 2 aromatic carbocycles. The van der Waals surface area contributed by atoms with Crippen LogP contribution in [0.25, 0.3) is 6.08 Å². The third-order valence-electron chi connectivity index (χ3n) is 3.17. The van der Waals surface area contributed by atoms with Gasteiger partial charge in [-0.05, 0) is 48.4 Å². The molecule has 24 heavy (non-hydrogen) atoms. The van der Waals surface area contributed by atoms with E-state index in [2.05, 4.69) is 5.32 Å². The predicted molar refractivity (Wildman–Crippen MR) is 92.8 cm³/mol. The SMILES string of the molecule is CCCOc1ccc(C=CC(=O)Nc2cccc(F)c2)cc1OC. The van der Waals surface area contributed by atoms with E-state index in [1.54, 1.807) is 31.4 Å². The number of halogens is 1. The van der Waals surface area contributed by atoms with Gasteiger partial charge < -0.3 is 14.8 Å². The van der Waals surface area contributed by atoms with Crippen molar-refractivity contribution in [2.24, 2.45) is 0 Å². The number of hydrogen-bond acceptors (Lipinski definition) is 3. The Morgan fingerprint density at radius 3 is 2.75 bits per heavy atom. The maximum absolute atomic E-state index is 13.1. The monoisotopic (exact) mass is 329 g/mol. The summed E-state index contributed by atoms with van der Waals surface area (Å²) < 4.78 is 24.0. The number of ether oxygens (including phenoxy) is 2. The zero-order chi connectivity index (χ0) is 17.4. The quantitative estimate of drug-likeness (QED) is 0.772. The first kappa shape index (κ1) is 17.5. The highest BCUT2D eigenvalue weighted by Gasteiger charge is 2.05. The van der Waals surface area contributed by atoms with E-state index in [0.717, 1.165) is 12.0 Å². The van der Waals surface area contributed by atoms with Gasteiger partial charge in [-0.1, -0.05) is 19.1 Å². The minimum Gasteiger partial charge on any atom is -0.493 e. The van der Waals surface area contributed by atoms with Gasteiger partial charge in [0.2, 0.25) is 5.91 Å². The Labute approximate surface area is 140 Å². The first-order valence-electron chi connectivity index (χ1n) is 7.68. The Balaban J connectivity index is 2.03. The second-order valence-corrected chi connectivity index (χ2v) is 5.09. The summed E-state index contributed by atoms with van der Waals surface area (Å²) in [6.45, 7) is 2.64. The molecule has 0 saturated carbocycles. The van der Waals surface area contributed by atoms with Crippen molar-refractivity contribution >= 4 is 17.7 Å². The van der Waals surface area contributed by atoms with Crippen LogP contribution < -0.4 is 14.8 Å². The third-order valence-corrected chi connectivity index (χ3v) is 3.17. The van der Waals surface area contributed by atoms with Gasteiger partial charge in [-0.25, -0.2) is 4.39 Å². The zero-order valence-corrected chi connectivity index (χ0v) is 13.7. The van der Waals surface area contributed by atoms with Gasteiger partial charge in [0.15, 0.2) is 11.5 Å². The molecule has 0 radical (unpaired) electrons. The number of hydrogen-bond donors (Lipinski definition) is 1. The van der Waals surface area contributed by atoms with Crippen molar-refractivity contribution in [3.8, 4) is 11.5 Å². The number of rotatable bonds is 7. The van der Waals surface area contributed by atoms with E-state index < -0.39 is 5.82 Å². The number of benzene rings is 2. The van der Waals surface area contributed by atoms with Crippen LogP contribution in [-0.2, 0) is 4.79 Å². The van der Waals surface area contributed by atoms with Crippen molar-refractivity contribution in [1.29, 1.82) is 0 Å². The lowest BCUT2D eigenvalue weighted by atomic mass is 10.2. The number of methoxy groups -OCH3 is 1. The van der Waals surface area contributed by atoms with Gasteiger partial charge in [0, 0.05) is 11.8 Å². The zero-order valence-electron chi connectivity index (χ0n) is 13.7. The molecular weight excluding hydrogens is 309 g/mol. The lowest BCUT2D eigenvalue weighted by Gasteiger charge is -2.10. The smallest absolute Gasteiger partial charge is 0.248 e. The molecule has 1 amide bonds. The highest BCUT2D eigenvalue weighted by Crippen LogP contribution is 2.28. The molecule has 0 aliphatic carbocycles. The number of anilines is 1. The Morgan fingerprint density at radius 1 is 1.21 bits per heavy atom. The van der Waals surface area contributed by atoms with E-state index in [1.807, 2.05) is 13.0 Å². The lowest BCUT2D eigenvalue weighted by molar-refractivity contribution is -0.111. The molecule has 0 aliphatic rings. The summed E-state index contributed by atoms with van der Waals surface area (Å²) in [7, 11) is 1.57. The van der Waals surface area contributed by atoms with Gasteiger partial charge in [-0.15, -0.1) is 0 Å². The summed E-state index contributed by atoms with van der Waals surface area (Å²) in [4.78, 5) is 11.9. The molecule has 0 bridgehead atoms. The molecule has 0 heterocycles. The minimum atomic E-state index is -0.399. The summed E-state index contributed by atoms with van der Waals surface area (Å²) in [6, 6.07) is 11.2. The Morgan fingerprint density at radius 2 is 2.04 bits per heavy atom. The molecule has 2 rings (SSSR count). The summed E-state index contributed by atoms with van der Waals surface area (Å²) >= 11 is 0. The van der Waals surface area contributed by atoms with Crippen molar-refractivity contribution in [2.75, 3.05) is 19.0 Å². The average molecular weight is 329 g/mol. The van der Waals surface area contributed by atoms with E-state index >= 15 is 0 Å². The predicted octanol–water partition coefficient (Wildman–Crippen LogP) is 4.28. The second-order valence-electron chi connectivity index (χ2n) is 5.09. The van der Waals surface area contributed by atoms with Crippen LogP contribution in [0.1, 0.15) is 18.9 Å². The van der Waals surface area contributed by atoms with Gasteiger partial charge in [0.1, 0.15) is 5.82 Å². The van der Waals surface area contributed by atoms with Crippen molar-refractivity contribution < 1.29 is 18.7 Å². The fraction of sp³-hybridized carbons (Fsp3) is 0.211. The van der Waals surface area contributed by atoms with Crippen LogP contribution in [0.2, 0.25) is 0 Å². The summed E-state index contributed by atoms with van der Waals surface area (Å²) in [5, 5.41) is 2.60. The molecule has 0 fully saturated rings. The molecule has 0 spiro atoms. The number of nitrogens with one attached hydrogen (secondary N) is 1. The van der Waals surface area contributed by atoms with Gasteiger partial charge in [0.05, 0.1) is 13.7 Å². The molecule has 126 valence electrons. The summed E-state index contributed by atoms with van der Waals surface area (Å²) in [5.41, 5.74) is 1.20.